The van der Waals surface area contributed by atoms with Crippen molar-refractivity contribution in [3.8, 4) is 0 Å². The van der Waals surface area contributed by atoms with Crippen molar-refractivity contribution in [2.45, 2.75) is 5.54 Å². The summed E-state index contributed by atoms with van der Waals surface area (Å²) in [6.45, 7) is 0. The molecule has 1 N–H and O–H groups in total. The van der Waals surface area contributed by atoms with Gasteiger partial charge in [0, 0.05) is 21.7 Å². The molecular weight excluding hydrogens is 426 g/mol. The molecule has 3 aromatic rings. The first-order chi connectivity index (χ1) is 15.2. The molecular formula is C25H16ClN3OS. The number of aliphatic imine (C=N–C) groups is 1. The van der Waals surface area contributed by atoms with Gasteiger partial charge in [0.25, 0.3) is 5.91 Å². The number of thioether (sulfide) groups is 1. The smallest absolute Gasteiger partial charge is 0.261 e. The van der Waals surface area contributed by atoms with Crippen molar-refractivity contribution in [3.63, 3.8) is 0 Å². The molecule has 0 fully saturated rings. The average Bonchev–Trinajstić information content (AvgIpc) is 3.34. The number of para-hydroxylation sites is 1. The lowest BCUT2D eigenvalue weighted by Gasteiger charge is -2.34. The maximum Gasteiger partial charge on any atom is 0.261 e. The number of amides is 1. The predicted octanol–water partition coefficient (Wildman–Crippen LogP) is 5.95. The zero-order chi connectivity index (χ0) is 21.0. The van der Waals surface area contributed by atoms with Gasteiger partial charge in [-0.3, -0.25) is 9.69 Å². The first-order valence-electron chi connectivity index (χ1n) is 9.88. The van der Waals surface area contributed by atoms with E-state index >= 15 is 0 Å². The van der Waals surface area contributed by atoms with Crippen molar-refractivity contribution in [3.05, 3.63) is 112 Å². The van der Waals surface area contributed by atoms with Crippen LogP contribution in [0.25, 0.3) is 11.4 Å². The molecule has 0 saturated heterocycles. The Labute approximate surface area is 188 Å². The van der Waals surface area contributed by atoms with E-state index < -0.39 is 5.54 Å². The molecule has 0 saturated carbocycles. The van der Waals surface area contributed by atoms with Gasteiger partial charge < -0.3 is 5.32 Å². The van der Waals surface area contributed by atoms with Crippen molar-refractivity contribution >= 4 is 51.5 Å². The highest BCUT2D eigenvalue weighted by Crippen LogP contribution is 2.50. The number of carbonyl (C=O) groups is 1. The summed E-state index contributed by atoms with van der Waals surface area (Å²) in [6.07, 6.45) is 1.99. The average molecular weight is 442 g/mol. The highest BCUT2D eigenvalue weighted by molar-refractivity contribution is 8.16. The molecule has 3 aliphatic rings. The number of halogens is 1. The second-order valence-corrected chi connectivity index (χ2v) is 8.79. The van der Waals surface area contributed by atoms with Crippen molar-refractivity contribution in [2.75, 3.05) is 5.32 Å². The van der Waals surface area contributed by atoms with Crippen LogP contribution in [0.3, 0.4) is 0 Å². The first kappa shape index (κ1) is 18.5. The molecule has 31 heavy (non-hydrogen) atoms. The number of benzene rings is 3. The molecule has 3 heterocycles. The largest absolute Gasteiger partial charge is 0.323 e. The van der Waals surface area contributed by atoms with Gasteiger partial charge in [0.2, 0.25) is 0 Å². The fourth-order valence-electron chi connectivity index (χ4n) is 4.23. The molecule has 1 spiro atoms. The van der Waals surface area contributed by atoms with Crippen LogP contribution in [0.5, 0.6) is 0 Å². The van der Waals surface area contributed by atoms with E-state index in [4.69, 9.17) is 16.6 Å². The standard InChI is InChI=1S/C25H16ClN3OS/c26-18-12-10-17(11-13-18)22-15-31-24-28-25(19-8-4-5-9-20(19)27-23(25)30)14-21(29(22)24)16-6-2-1-3-7-16/h1-15H,(H,27,30). The molecule has 0 aliphatic carbocycles. The number of hydrogen-bond donors (Lipinski definition) is 1. The van der Waals surface area contributed by atoms with Gasteiger partial charge in [-0.1, -0.05) is 84.0 Å². The number of carbonyl (C=O) groups excluding carboxylic acids is 1. The molecule has 6 heteroatoms. The van der Waals surface area contributed by atoms with Crippen LogP contribution in [0.2, 0.25) is 5.02 Å². The fourth-order valence-corrected chi connectivity index (χ4v) is 5.31. The van der Waals surface area contributed by atoms with Crippen LogP contribution in [-0.2, 0) is 10.3 Å². The highest BCUT2D eigenvalue weighted by Gasteiger charge is 2.50. The van der Waals surface area contributed by atoms with E-state index in [0.717, 1.165) is 38.9 Å². The Hall–Kier alpha value is -3.28. The number of fused-ring (bicyclic) bond motifs is 3. The topological polar surface area (TPSA) is 44.7 Å². The van der Waals surface area contributed by atoms with Gasteiger partial charge >= 0.3 is 0 Å². The summed E-state index contributed by atoms with van der Waals surface area (Å²) in [7, 11) is 0. The van der Waals surface area contributed by atoms with Crippen LogP contribution in [0.4, 0.5) is 5.69 Å². The summed E-state index contributed by atoms with van der Waals surface area (Å²) >= 11 is 7.64. The van der Waals surface area contributed by atoms with Gasteiger partial charge in [-0.25, -0.2) is 4.99 Å². The van der Waals surface area contributed by atoms with E-state index in [-0.39, 0.29) is 5.91 Å². The summed E-state index contributed by atoms with van der Waals surface area (Å²) < 4.78 is 0. The summed E-state index contributed by atoms with van der Waals surface area (Å²) in [6, 6.07) is 25.7. The van der Waals surface area contributed by atoms with E-state index in [0.29, 0.717) is 5.02 Å². The minimum atomic E-state index is -1.08. The minimum Gasteiger partial charge on any atom is -0.323 e. The van der Waals surface area contributed by atoms with E-state index in [1.165, 1.54) is 11.8 Å². The molecule has 6 rings (SSSR count). The minimum absolute atomic E-state index is 0.130. The third kappa shape index (κ3) is 2.77. The Morgan fingerprint density at radius 2 is 1.58 bits per heavy atom. The number of anilines is 1. The van der Waals surface area contributed by atoms with E-state index in [2.05, 4.69) is 27.8 Å². The molecule has 150 valence electrons. The summed E-state index contributed by atoms with van der Waals surface area (Å²) in [5.74, 6) is -0.130. The fraction of sp³-hybridized carbons (Fsp3) is 0.0400. The third-order valence-corrected chi connectivity index (χ3v) is 6.79. The Kier molecular flexibility index (Phi) is 4.10. The Bertz CT molecular complexity index is 1310. The quantitative estimate of drug-likeness (QED) is 0.534. The summed E-state index contributed by atoms with van der Waals surface area (Å²) in [4.78, 5) is 20.4. The van der Waals surface area contributed by atoms with Crippen LogP contribution >= 0.6 is 23.4 Å². The Balaban J connectivity index is 1.56. The monoisotopic (exact) mass is 441 g/mol. The molecule has 1 unspecified atom stereocenters. The molecule has 0 radical (unpaired) electrons. The normalized spacial score (nSPS) is 21.3. The number of hydrogen-bond acceptors (Lipinski definition) is 4. The van der Waals surface area contributed by atoms with Crippen LogP contribution < -0.4 is 5.32 Å². The summed E-state index contributed by atoms with van der Waals surface area (Å²) in [5, 5.41) is 6.56. The van der Waals surface area contributed by atoms with Crippen molar-refractivity contribution < 1.29 is 4.79 Å². The second-order valence-electron chi connectivity index (χ2n) is 7.52. The number of amidine groups is 1. The number of rotatable bonds is 2. The molecule has 1 amide bonds. The molecule has 3 aliphatic heterocycles. The maximum atomic E-state index is 13.2. The Morgan fingerprint density at radius 1 is 0.871 bits per heavy atom. The maximum absolute atomic E-state index is 13.2. The van der Waals surface area contributed by atoms with Crippen molar-refractivity contribution in [2.24, 2.45) is 4.99 Å². The predicted molar refractivity (Wildman–Crippen MR) is 127 cm³/mol. The molecule has 0 bridgehead atoms. The van der Waals surface area contributed by atoms with Gasteiger partial charge in [-0.05, 0) is 35.4 Å². The molecule has 4 nitrogen and oxygen atoms in total. The van der Waals surface area contributed by atoms with Crippen LogP contribution in [0, 0.1) is 0 Å². The van der Waals surface area contributed by atoms with Gasteiger partial charge in [0.15, 0.2) is 10.7 Å². The van der Waals surface area contributed by atoms with Crippen LogP contribution in [0.15, 0.2) is 95.3 Å². The van der Waals surface area contributed by atoms with Crippen LogP contribution in [0.1, 0.15) is 16.7 Å². The first-order valence-corrected chi connectivity index (χ1v) is 11.1. The molecule has 1 atom stereocenters. The zero-order valence-electron chi connectivity index (χ0n) is 16.2. The lowest BCUT2D eigenvalue weighted by molar-refractivity contribution is -0.119. The lowest BCUT2D eigenvalue weighted by Crippen LogP contribution is -2.38. The van der Waals surface area contributed by atoms with Crippen molar-refractivity contribution in [1.82, 2.24) is 4.90 Å². The number of nitrogens with one attached hydrogen (secondary N) is 1. The summed E-state index contributed by atoms with van der Waals surface area (Å²) in [5.41, 5.74) is 4.61. The lowest BCUT2D eigenvalue weighted by atomic mass is 9.88. The van der Waals surface area contributed by atoms with E-state index in [9.17, 15) is 4.79 Å². The second kappa shape index (κ2) is 6.87. The zero-order valence-corrected chi connectivity index (χ0v) is 17.8. The molecule has 3 aromatic carbocycles. The number of nitrogens with zero attached hydrogens (tertiary/aromatic N) is 2. The van der Waals surface area contributed by atoms with Gasteiger partial charge in [0.05, 0.1) is 11.4 Å². The van der Waals surface area contributed by atoms with Gasteiger partial charge in [-0.15, -0.1) is 0 Å². The Morgan fingerprint density at radius 3 is 2.39 bits per heavy atom. The van der Waals surface area contributed by atoms with Gasteiger partial charge in [-0.2, -0.15) is 0 Å². The SMILES string of the molecule is O=C1Nc2ccccc2C12C=C(c1ccccc1)N1C(c3ccc(Cl)cc3)=CSC1=N2. The van der Waals surface area contributed by atoms with Crippen molar-refractivity contribution in [1.29, 1.82) is 0 Å². The van der Waals surface area contributed by atoms with Gasteiger partial charge in [0.1, 0.15) is 0 Å². The van der Waals surface area contributed by atoms with Crippen LogP contribution in [-0.4, -0.2) is 16.0 Å². The van der Waals surface area contributed by atoms with E-state index in [1.807, 2.05) is 72.8 Å². The van der Waals surface area contributed by atoms with E-state index in [1.54, 1.807) is 0 Å². The highest BCUT2D eigenvalue weighted by atomic mass is 35.5. The molecule has 0 aromatic heterocycles. The third-order valence-electron chi connectivity index (χ3n) is 5.71.